The molecular formula is C19H20ClN3O4S. The first kappa shape index (κ1) is 20.2. The number of sulfonamides is 1. The summed E-state index contributed by atoms with van der Waals surface area (Å²) in [5.74, 6) is 0.201. The first-order valence-electron chi connectivity index (χ1n) is 8.42. The second-order valence-corrected chi connectivity index (χ2v) is 9.63. The van der Waals surface area contributed by atoms with Gasteiger partial charge in [0.05, 0.1) is 17.0 Å². The zero-order chi connectivity index (χ0) is 20.7. The van der Waals surface area contributed by atoms with Crippen LogP contribution in [-0.2, 0) is 15.4 Å². The Labute approximate surface area is 168 Å². The van der Waals surface area contributed by atoms with Gasteiger partial charge in [-0.2, -0.15) is 0 Å². The van der Waals surface area contributed by atoms with E-state index in [2.05, 4.69) is 15.0 Å². The Bertz CT molecular complexity index is 1160. The summed E-state index contributed by atoms with van der Waals surface area (Å²) in [6.45, 7) is 6.01. The van der Waals surface area contributed by atoms with Gasteiger partial charge in [0.2, 0.25) is 15.9 Å². The van der Waals surface area contributed by atoms with Crippen molar-refractivity contribution in [2.75, 3.05) is 16.3 Å². The number of anilines is 2. The zero-order valence-corrected chi connectivity index (χ0v) is 17.4. The Hall–Kier alpha value is -2.58. The summed E-state index contributed by atoms with van der Waals surface area (Å²) in [6.07, 6.45) is 1.01. The van der Waals surface area contributed by atoms with Gasteiger partial charge < -0.3 is 9.73 Å². The molecule has 3 rings (SSSR count). The van der Waals surface area contributed by atoms with Crippen LogP contribution in [0.3, 0.4) is 0 Å². The maximum absolute atomic E-state index is 12.6. The van der Waals surface area contributed by atoms with E-state index in [4.69, 9.17) is 16.0 Å². The Morgan fingerprint density at radius 2 is 1.86 bits per heavy atom. The van der Waals surface area contributed by atoms with Crippen molar-refractivity contribution < 1.29 is 17.6 Å². The highest BCUT2D eigenvalue weighted by molar-refractivity contribution is 7.92. The van der Waals surface area contributed by atoms with Crippen molar-refractivity contribution in [1.82, 2.24) is 4.98 Å². The zero-order valence-electron chi connectivity index (χ0n) is 15.8. The average Bonchev–Trinajstić information content (AvgIpc) is 2.99. The molecule has 0 bridgehead atoms. The molecule has 1 aromatic heterocycles. The minimum absolute atomic E-state index is 0.138. The molecule has 0 saturated carbocycles. The van der Waals surface area contributed by atoms with Crippen molar-refractivity contribution >= 4 is 50.0 Å². The van der Waals surface area contributed by atoms with Crippen molar-refractivity contribution in [3.63, 3.8) is 0 Å². The van der Waals surface area contributed by atoms with Gasteiger partial charge in [-0.25, -0.2) is 13.4 Å². The summed E-state index contributed by atoms with van der Waals surface area (Å²) in [6, 6.07) is 9.52. The number of fused-ring (bicyclic) bond motifs is 1. The van der Waals surface area contributed by atoms with Crippen LogP contribution in [0, 0.1) is 0 Å². The maximum atomic E-state index is 12.6. The Kier molecular flexibility index (Phi) is 5.12. The van der Waals surface area contributed by atoms with E-state index in [9.17, 15) is 13.2 Å². The third-order valence-corrected chi connectivity index (χ3v) is 4.73. The number of benzene rings is 2. The van der Waals surface area contributed by atoms with Gasteiger partial charge in [-0.15, -0.1) is 0 Å². The standard InChI is InChI=1S/C19H20ClN3O4S/c1-19(2,3)18-22-15-10-12(6-8-16(15)27-18)21-17(24)11-5-7-13(20)14(9-11)23-28(4,25)26/h5-10,23H,1-4H3,(H,21,24). The molecular weight excluding hydrogens is 402 g/mol. The van der Waals surface area contributed by atoms with Gasteiger partial charge in [0.25, 0.3) is 5.91 Å². The monoisotopic (exact) mass is 421 g/mol. The molecule has 7 nitrogen and oxygen atoms in total. The fourth-order valence-electron chi connectivity index (χ4n) is 2.47. The number of nitrogens with zero attached hydrogens (tertiary/aromatic N) is 1. The number of amides is 1. The van der Waals surface area contributed by atoms with Gasteiger partial charge in [-0.1, -0.05) is 32.4 Å². The predicted molar refractivity (Wildman–Crippen MR) is 111 cm³/mol. The van der Waals surface area contributed by atoms with Crippen LogP contribution >= 0.6 is 11.6 Å². The number of carbonyl (C=O) groups is 1. The fraction of sp³-hybridized carbons (Fsp3) is 0.263. The average molecular weight is 422 g/mol. The van der Waals surface area contributed by atoms with E-state index in [0.29, 0.717) is 22.7 Å². The molecule has 0 atom stereocenters. The summed E-state index contributed by atoms with van der Waals surface area (Å²) in [4.78, 5) is 17.0. The lowest BCUT2D eigenvalue weighted by Gasteiger charge is -2.11. The van der Waals surface area contributed by atoms with E-state index in [1.165, 1.54) is 18.2 Å². The smallest absolute Gasteiger partial charge is 0.255 e. The number of hydrogen-bond acceptors (Lipinski definition) is 5. The fourth-order valence-corrected chi connectivity index (χ4v) is 3.26. The van der Waals surface area contributed by atoms with Crippen LogP contribution in [0.5, 0.6) is 0 Å². The number of carbonyl (C=O) groups excluding carboxylic acids is 1. The number of rotatable bonds is 4. The summed E-state index contributed by atoms with van der Waals surface area (Å²) in [5, 5.41) is 2.96. The van der Waals surface area contributed by atoms with Crippen LogP contribution < -0.4 is 10.0 Å². The molecule has 148 valence electrons. The van der Waals surface area contributed by atoms with Crippen molar-refractivity contribution in [3.05, 3.63) is 52.9 Å². The molecule has 2 aromatic carbocycles. The highest BCUT2D eigenvalue weighted by atomic mass is 35.5. The van der Waals surface area contributed by atoms with Crippen molar-refractivity contribution in [2.24, 2.45) is 0 Å². The highest BCUT2D eigenvalue weighted by Crippen LogP contribution is 2.28. The number of hydrogen-bond donors (Lipinski definition) is 2. The van der Waals surface area contributed by atoms with Crippen LogP contribution in [0.15, 0.2) is 40.8 Å². The summed E-state index contributed by atoms with van der Waals surface area (Å²) >= 11 is 5.99. The number of oxazole rings is 1. The van der Waals surface area contributed by atoms with E-state index in [1.807, 2.05) is 20.8 Å². The van der Waals surface area contributed by atoms with E-state index < -0.39 is 15.9 Å². The van der Waals surface area contributed by atoms with Gasteiger partial charge >= 0.3 is 0 Å². The Morgan fingerprint density at radius 1 is 1.14 bits per heavy atom. The number of halogens is 1. The number of nitrogens with one attached hydrogen (secondary N) is 2. The molecule has 1 heterocycles. The molecule has 0 unspecified atom stereocenters. The maximum Gasteiger partial charge on any atom is 0.255 e. The van der Waals surface area contributed by atoms with Crippen LogP contribution in [0.1, 0.15) is 37.0 Å². The van der Waals surface area contributed by atoms with E-state index in [0.717, 1.165) is 6.26 Å². The van der Waals surface area contributed by atoms with E-state index in [-0.39, 0.29) is 21.7 Å². The van der Waals surface area contributed by atoms with Crippen LogP contribution in [0.4, 0.5) is 11.4 Å². The van der Waals surface area contributed by atoms with E-state index >= 15 is 0 Å². The molecule has 0 aliphatic rings. The highest BCUT2D eigenvalue weighted by Gasteiger charge is 2.21. The molecule has 28 heavy (non-hydrogen) atoms. The SMILES string of the molecule is CC(C)(C)c1nc2cc(NC(=O)c3ccc(Cl)c(NS(C)(=O)=O)c3)ccc2o1. The third-order valence-electron chi connectivity index (χ3n) is 3.81. The molecule has 3 aromatic rings. The van der Waals surface area contributed by atoms with Gasteiger partial charge in [0.1, 0.15) is 5.52 Å². The van der Waals surface area contributed by atoms with Crippen molar-refractivity contribution in [1.29, 1.82) is 0 Å². The van der Waals surface area contributed by atoms with Crippen LogP contribution in [-0.4, -0.2) is 25.6 Å². The van der Waals surface area contributed by atoms with E-state index in [1.54, 1.807) is 18.2 Å². The quantitative estimate of drug-likeness (QED) is 0.650. The molecule has 0 aliphatic heterocycles. The molecule has 2 N–H and O–H groups in total. The molecule has 0 fully saturated rings. The summed E-state index contributed by atoms with van der Waals surface area (Å²) < 4.78 is 30.9. The minimum atomic E-state index is -3.52. The molecule has 0 spiro atoms. The van der Waals surface area contributed by atoms with Crippen LogP contribution in [0.2, 0.25) is 5.02 Å². The second kappa shape index (κ2) is 7.10. The number of aromatic nitrogens is 1. The largest absolute Gasteiger partial charge is 0.440 e. The Morgan fingerprint density at radius 3 is 2.50 bits per heavy atom. The van der Waals surface area contributed by atoms with Crippen molar-refractivity contribution in [3.8, 4) is 0 Å². The molecule has 0 aliphatic carbocycles. The third kappa shape index (κ3) is 4.63. The molecule has 0 radical (unpaired) electrons. The first-order chi connectivity index (χ1) is 12.9. The lowest BCUT2D eigenvalue weighted by molar-refractivity contribution is 0.102. The minimum Gasteiger partial charge on any atom is -0.440 e. The van der Waals surface area contributed by atoms with Gasteiger partial charge in [0, 0.05) is 16.7 Å². The first-order valence-corrected chi connectivity index (χ1v) is 10.7. The van der Waals surface area contributed by atoms with Crippen molar-refractivity contribution in [2.45, 2.75) is 26.2 Å². The molecule has 9 heteroatoms. The van der Waals surface area contributed by atoms with Gasteiger partial charge in [-0.3, -0.25) is 9.52 Å². The lowest BCUT2D eigenvalue weighted by Crippen LogP contribution is -2.14. The molecule has 1 amide bonds. The normalized spacial score (nSPS) is 12.2. The summed E-state index contributed by atoms with van der Waals surface area (Å²) in [7, 11) is -3.52. The van der Waals surface area contributed by atoms with Crippen LogP contribution in [0.25, 0.3) is 11.1 Å². The Balaban J connectivity index is 1.85. The lowest BCUT2D eigenvalue weighted by atomic mass is 9.97. The summed E-state index contributed by atoms with van der Waals surface area (Å²) in [5.41, 5.74) is 1.98. The van der Waals surface area contributed by atoms with Gasteiger partial charge in [0.15, 0.2) is 5.58 Å². The van der Waals surface area contributed by atoms with Gasteiger partial charge in [-0.05, 0) is 36.4 Å². The second-order valence-electron chi connectivity index (χ2n) is 7.47. The molecule has 0 saturated heterocycles. The predicted octanol–water partition coefficient (Wildman–Crippen LogP) is 4.40. The topological polar surface area (TPSA) is 101 Å².